The van der Waals surface area contributed by atoms with Crippen molar-refractivity contribution >= 4 is 31.6 Å². The molecule has 0 heterocycles. The Kier molecular flexibility index (Phi) is 3.54. The van der Waals surface area contributed by atoms with Crippen LogP contribution < -0.4 is 10.5 Å². The molecule has 0 aromatic heterocycles. The number of anilines is 1. The third-order valence-electron chi connectivity index (χ3n) is 3.89. The zero-order valence-corrected chi connectivity index (χ0v) is 13.2. The first-order chi connectivity index (χ1) is 9.38. The van der Waals surface area contributed by atoms with Crippen LogP contribution in [0.15, 0.2) is 21.5 Å². The molecule has 110 valence electrons. The predicted octanol–water partition coefficient (Wildman–Crippen LogP) is 2.64. The number of rotatable bonds is 5. The van der Waals surface area contributed by atoms with Gasteiger partial charge in [0.25, 0.3) is 0 Å². The van der Waals surface area contributed by atoms with Gasteiger partial charge in [0.05, 0.1) is 10.2 Å². The molecule has 3 N–H and O–H groups in total. The number of benzene rings is 1. The molecule has 2 saturated carbocycles. The molecular formula is C13H16BrFN2O2S. The van der Waals surface area contributed by atoms with Crippen molar-refractivity contribution in [3.05, 3.63) is 22.4 Å². The highest BCUT2D eigenvalue weighted by molar-refractivity contribution is 9.10. The molecule has 0 spiro atoms. The highest BCUT2D eigenvalue weighted by Crippen LogP contribution is 2.45. The maximum absolute atomic E-state index is 13.3. The molecule has 2 aliphatic carbocycles. The van der Waals surface area contributed by atoms with Crippen LogP contribution in [-0.2, 0) is 10.0 Å². The van der Waals surface area contributed by atoms with Gasteiger partial charge in [-0.3, -0.25) is 0 Å². The lowest BCUT2D eigenvalue weighted by Gasteiger charge is -2.18. The van der Waals surface area contributed by atoms with Crippen molar-refractivity contribution in [3.63, 3.8) is 0 Å². The van der Waals surface area contributed by atoms with Gasteiger partial charge in [0.2, 0.25) is 10.0 Å². The zero-order chi connectivity index (χ0) is 14.5. The van der Waals surface area contributed by atoms with E-state index in [1.54, 1.807) is 0 Å². The summed E-state index contributed by atoms with van der Waals surface area (Å²) in [6.07, 6.45) is 4.30. The molecule has 3 rings (SSSR count). The average Bonchev–Trinajstić information content (AvgIpc) is 3.24. The predicted molar refractivity (Wildman–Crippen MR) is 78.1 cm³/mol. The molecular weight excluding hydrogens is 347 g/mol. The van der Waals surface area contributed by atoms with E-state index in [-0.39, 0.29) is 21.1 Å². The number of sulfonamides is 1. The lowest BCUT2D eigenvalue weighted by Crippen LogP contribution is -2.38. The number of nitrogens with one attached hydrogen (secondary N) is 1. The van der Waals surface area contributed by atoms with E-state index in [9.17, 15) is 12.8 Å². The quantitative estimate of drug-likeness (QED) is 0.790. The van der Waals surface area contributed by atoms with Crippen molar-refractivity contribution in [2.24, 2.45) is 11.8 Å². The summed E-state index contributed by atoms with van der Waals surface area (Å²) in [4.78, 5) is -0.0583. The Morgan fingerprint density at radius 2 is 1.80 bits per heavy atom. The molecule has 0 saturated heterocycles. The Balaban J connectivity index is 1.89. The highest BCUT2D eigenvalue weighted by Gasteiger charge is 2.43. The number of hydrogen-bond acceptors (Lipinski definition) is 3. The van der Waals surface area contributed by atoms with E-state index >= 15 is 0 Å². The highest BCUT2D eigenvalue weighted by atomic mass is 79.9. The minimum Gasteiger partial charge on any atom is -0.398 e. The van der Waals surface area contributed by atoms with E-state index in [2.05, 4.69) is 20.7 Å². The smallest absolute Gasteiger partial charge is 0.242 e. The summed E-state index contributed by atoms with van der Waals surface area (Å²) in [6.45, 7) is 0. The maximum Gasteiger partial charge on any atom is 0.242 e. The van der Waals surface area contributed by atoms with E-state index in [1.807, 2.05) is 0 Å². The molecule has 0 bridgehead atoms. The largest absolute Gasteiger partial charge is 0.398 e. The first-order valence-corrected chi connectivity index (χ1v) is 8.93. The molecule has 1 aromatic carbocycles. The fraction of sp³-hybridized carbons (Fsp3) is 0.538. The number of nitrogens with two attached hydrogens (primary N) is 1. The van der Waals surface area contributed by atoms with E-state index in [0.29, 0.717) is 11.8 Å². The van der Waals surface area contributed by atoms with Gasteiger partial charge in [-0.15, -0.1) is 0 Å². The summed E-state index contributed by atoms with van der Waals surface area (Å²) in [7, 11) is -3.71. The topological polar surface area (TPSA) is 72.2 Å². The van der Waals surface area contributed by atoms with Gasteiger partial charge in [-0.25, -0.2) is 17.5 Å². The van der Waals surface area contributed by atoms with Gasteiger partial charge in [0.15, 0.2) is 0 Å². The molecule has 1 aromatic rings. The van der Waals surface area contributed by atoms with Gasteiger partial charge in [0.1, 0.15) is 10.7 Å². The number of halogens is 2. The second-order valence-corrected chi connectivity index (χ2v) is 8.16. The van der Waals surface area contributed by atoms with Gasteiger partial charge in [-0.05, 0) is 65.6 Å². The second-order valence-electron chi connectivity index (χ2n) is 5.63. The minimum absolute atomic E-state index is 0.00299. The average molecular weight is 363 g/mol. The van der Waals surface area contributed by atoms with Crippen LogP contribution in [0.25, 0.3) is 0 Å². The summed E-state index contributed by atoms with van der Waals surface area (Å²) in [5.74, 6) is 0.326. The molecule has 0 atom stereocenters. The molecule has 0 amide bonds. The van der Waals surface area contributed by atoms with Crippen molar-refractivity contribution in [2.75, 3.05) is 5.73 Å². The summed E-state index contributed by atoms with van der Waals surface area (Å²) in [5, 5.41) is 0. The van der Waals surface area contributed by atoms with Crippen LogP contribution >= 0.6 is 15.9 Å². The second kappa shape index (κ2) is 4.96. The van der Waals surface area contributed by atoms with E-state index in [4.69, 9.17) is 5.73 Å². The summed E-state index contributed by atoms with van der Waals surface area (Å²) < 4.78 is 41.1. The fourth-order valence-corrected chi connectivity index (χ4v) is 4.51. The fourth-order valence-electron chi connectivity index (χ4n) is 2.51. The van der Waals surface area contributed by atoms with Gasteiger partial charge < -0.3 is 5.73 Å². The molecule has 0 radical (unpaired) electrons. The summed E-state index contributed by atoms with van der Waals surface area (Å²) in [5.41, 5.74) is 5.59. The van der Waals surface area contributed by atoms with Gasteiger partial charge >= 0.3 is 0 Å². The van der Waals surface area contributed by atoms with Crippen LogP contribution in [0, 0.1) is 17.7 Å². The number of hydrogen-bond donors (Lipinski definition) is 2. The monoisotopic (exact) mass is 362 g/mol. The Bertz CT molecular complexity index is 630. The molecule has 7 heteroatoms. The zero-order valence-electron chi connectivity index (χ0n) is 10.8. The van der Waals surface area contributed by atoms with Crippen molar-refractivity contribution in [2.45, 2.75) is 36.6 Å². The lowest BCUT2D eigenvalue weighted by atomic mass is 10.1. The Morgan fingerprint density at radius 3 is 2.30 bits per heavy atom. The Labute approximate surface area is 126 Å². The van der Waals surface area contributed by atoms with Crippen LogP contribution in [0.3, 0.4) is 0 Å². The van der Waals surface area contributed by atoms with Crippen LogP contribution in [-0.4, -0.2) is 14.5 Å². The standard InChI is InChI=1S/C13H16BrFN2O2S/c14-9-5-12(11(16)6-10(9)15)20(18,19)17-13(7-1-2-7)8-3-4-8/h5-8,13,17H,1-4,16H2. The van der Waals surface area contributed by atoms with Crippen LogP contribution in [0.4, 0.5) is 10.1 Å². The van der Waals surface area contributed by atoms with Crippen LogP contribution in [0.1, 0.15) is 25.7 Å². The van der Waals surface area contributed by atoms with E-state index in [1.165, 1.54) is 6.07 Å². The van der Waals surface area contributed by atoms with Crippen molar-refractivity contribution in [3.8, 4) is 0 Å². The minimum atomic E-state index is -3.71. The Hall–Kier alpha value is -0.660. The van der Waals surface area contributed by atoms with Crippen LogP contribution in [0.5, 0.6) is 0 Å². The first kappa shape index (κ1) is 14.3. The molecule has 0 aliphatic heterocycles. The third-order valence-corrected chi connectivity index (χ3v) is 6.02. The number of nitrogen functional groups attached to an aromatic ring is 1. The molecule has 4 nitrogen and oxygen atoms in total. The third kappa shape index (κ3) is 2.84. The molecule has 0 unspecified atom stereocenters. The summed E-state index contributed by atoms with van der Waals surface area (Å²) >= 11 is 3.00. The maximum atomic E-state index is 13.3. The first-order valence-electron chi connectivity index (χ1n) is 6.65. The van der Waals surface area contributed by atoms with Crippen molar-refractivity contribution in [1.29, 1.82) is 0 Å². The van der Waals surface area contributed by atoms with Gasteiger partial charge in [-0.1, -0.05) is 0 Å². The van der Waals surface area contributed by atoms with Gasteiger partial charge in [0, 0.05) is 6.04 Å². The van der Waals surface area contributed by atoms with Crippen molar-refractivity contribution < 1.29 is 12.8 Å². The van der Waals surface area contributed by atoms with Crippen LogP contribution in [0.2, 0.25) is 0 Å². The molecule has 2 fully saturated rings. The van der Waals surface area contributed by atoms with E-state index in [0.717, 1.165) is 31.7 Å². The Morgan fingerprint density at radius 1 is 1.25 bits per heavy atom. The van der Waals surface area contributed by atoms with Crippen molar-refractivity contribution in [1.82, 2.24) is 4.72 Å². The van der Waals surface area contributed by atoms with E-state index < -0.39 is 15.8 Å². The summed E-state index contributed by atoms with van der Waals surface area (Å²) in [6, 6.07) is 2.26. The lowest BCUT2D eigenvalue weighted by molar-refractivity contribution is 0.471. The molecule has 20 heavy (non-hydrogen) atoms. The SMILES string of the molecule is Nc1cc(F)c(Br)cc1S(=O)(=O)NC(C1CC1)C1CC1. The van der Waals surface area contributed by atoms with Gasteiger partial charge in [-0.2, -0.15) is 0 Å². The normalized spacial score (nSPS) is 19.6. The molecule has 2 aliphatic rings.